The summed E-state index contributed by atoms with van der Waals surface area (Å²) < 4.78 is 32.0. The van der Waals surface area contributed by atoms with Gasteiger partial charge in [-0.2, -0.15) is 4.31 Å². The van der Waals surface area contributed by atoms with Crippen molar-refractivity contribution >= 4 is 21.9 Å². The van der Waals surface area contributed by atoms with Crippen LogP contribution in [-0.2, 0) is 24.3 Å². The molecule has 1 amide bonds. The Morgan fingerprint density at radius 2 is 1.88 bits per heavy atom. The van der Waals surface area contributed by atoms with E-state index in [1.165, 1.54) is 4.31 Å². The number of rotatable bonds is 7. The molecule has 0 unspecified atom stereocenters. The molecule has 1 aromatic rings. The summed E-state index contributed by atoms with van der Waals surface area (Å²) in [6.07, 6.45) is 3.20. The van der Waals surface area contributed by atoms with Gasteiger partial charge in [0.2, 0.25) is 15.9 Å². The van der Waals surface area contributed by atoms with Crippen LogP contribution in [0.3, 0.4) is 0 Å². The third-order valence-corrected chi connectivity index (χ3v) is 6.64. The Hall–Kier alpha value is -1.93. The van der Waals surface area contributed by atoms with Crippen LogP contribution in [-0.4, -0.2) is 50.3 Å². The molecular formula is C18H24N2O5S. The summed E-state index contributed by atoms with van der Waals surface area (Å²) in [7, 11) is -3.75. The Balaban J connectivity index is 1.60. The van der Waals surface area contributed by atoms with Crippen molar-refractivity contribution in [3.8, 4) is 0 Å². The fraction of sp³-hybridized carbons (Fsp3) is 0.556. The van der Waals surface area contributed by atoms with Crippen LogP contribution in [0.1, 0.15) is 31.2 Å². The van der Waals surface area contributed by atoms with Crippen LogP contribution in [0.5, 0.6) is 0 Å². The summed E-state index contributed by atoms with van der Waals surface area (Å²) in [4.78, 5) is 24.2. The Kier molecular flexibility index (Phi) is 5.62. The highest BCUT2D eigenvalue weighted by atomic mass is 32.2. The third kappa shape index (κ3) is 4.42. The number of esters is 1. The Labute approximate surface area is 153 Å². The number of carbonyl (C=O) groups excluding carboxylic acids is 2. The topological polar surface area (TPSA) is 92.8 Å². The zero-order chi connectivity index (χ0) is 18.7. The molecule has 0 radical (unpaired) electrons. The van der Waals surface area contributed by atoms with Crippen LogP contribution >= 0.6 is 0 Å². The predicted octanol–water partition coefficient (Wildman–Crippen LogP) is 1.22. The first kappa shape index (κ1) is 18.8. The fourth-order valence-corrected chi connectivity index (χ4v) is 4.62. The molecule has 1 heterocycles. The fourth-order valence-electron chi connectivity index (χ4n) is 2.96. The standard InChI is InChI=1S/C18H24N2O5S/c1-13-4-8-15(9-5-13)26(23,24)20-10-2-3-16(20)18(22)19-11-17(21)25-12-14-6-7-14/h4-5,8-9,14,16H,2-3,6-7,10-12H2,1H3,(H,19,22)/t16-/m0/s1. The Morgan fingerprint density at radius 1 is 1.19 bits per heavy atom. The number of nitrogens with one attached hydrogen (secondary N) is 1. The van der Waals surface area contributed by atoms with Gasteiger partial charge in [-0.15, -0.1) is 0 Å². The molecule has 0 aromatic heterocycles. The minimum absolute atomic E-state index is 0.173. The molecule has 7 nitrogen and oxygen atoms in total. The summed E-state index contributed by atoms with van der Waals surface area (Å²) in [6, 6.07) is 5.76. The van der Waals surface area contributed by atoms with Gasteiger partial charge in [0, 0.05) is 6.54 Å². The van der Waals surface area contributed by atoms with Gasteiger partial charge in [-0.05, 0) is 50.7 Å². The largest absolute Gasteiger partial charge is 0.464 e. The second-order valence-electron chi connectivity index (χ2n) is 6.93. The molecule has 1 N–H and O–H groups in total. The summed E-state index contributed by atoms with van der Waals surface area (Å²) >= 11 is 0. The molecule has 2 fully saturated rings. The quantitative estimate of drug-likeness (QED) is 0.718. The molecule has 1 aliphatic heterocycles. The van der Waals surface area contributed by atoms with E-state index in [0.717, 1.165) is 18.4 Å². The van der Waals surface area contributed by atoms with Gasteiger partial charge in [0.05, 0.1) is 11.5 Å². The normalized spacial score (nSPS) is 20.7. The maximum absolute atomic E-state index is 12.8. The molecule has 1 atom stereocenters. The highest BCUT2D eigenvalue weighted by molar-refractivity contribution is 7.89. The van der Waals surface area contributed by atoms with Gasteiger partial charge in [-0.1, -0.05) is 17.7 Å². The molecule has 1 aliphatic carbocycles. The average Bonchev–Trinajstić information content (AvgIpc) is 3.31. The summed E-state index contributed by atoms with van der Waals surface area (Å²) in [6.45, 7) is 2.33. The SMILES string of the molecule is Cc1ccc(S(=O)(=O)N2CCC[C@H]2C(=O)NCC(=O)OCC2CC2)cc1. The molecule has 2 aliphatic rings. The molecular weight excluding hydrogens is 356 g/mol. The highest BCUT2D eigenvalue weighted by Gasteiger charge is 2.39. The van der Waals surface area contributed by atoms with E-state index >= 15 is 0 Å². The van der Waals surface area contributed by atoms with Crippen LogP contribution in [0.15, 0.2) is 29.2 Å². The molecule has 3 rings (SSSR count). The van der Waals surface area contributed by atoms with E-state index in [0.29, 0.717) is 31.9 Å². The van der Waals surface area contributed by atoms with Gasteiger partial charge in [-0.25, -0.2) is 8.42 Å². The van der Waals surface area contributed by atoms with Crippen molar-refractivity contribution in [3.63, 3.8) is 0 Å². The number of ether oxygens (including phenoxy) is 1. The second-order valence-corrected chi connectivity index (χ2v) is 8.82. The maximum Gasteiger partial charge on any atom is 0.325 e. The number of benzene rings is 1. The van der Waals surface area contributed by atoms with Crippen LogP contribution in [0.25, 0.3) is 0 Å². The Bertz CT molecular complexity index is 771. The monoisotopic (exact) mass is 380 g/mol. The van der Waals surface area contributed by atoms with E-state index in [9.17, 15) is 18.0 Å². The molecule has 26 heavy (non-hydrogen) atoms. The molecule has 0 spiro atoms. The van der Waals surface area contributed by atoms with Gasteiger partial charge in [0.15, 0.2) is 0 Å². The zero-order valence-corrected chi connectivity index (χ0v) is 15.6. The minimum atomic E-state index is -3.75. The van der Waals surface area contributed by atoms with E-state index < -0.39 is 27.9 Å². The van der Waals surface area contributed by atoms with E-state index in [2.05, 4.69) is 5.32 Å². The summed E-state index contributed by atoms with van der Waals surface area (Å²) in [5.74, 6) is -0.489. The number of sulfonamides is 1. The number of hydrogen-bond acceptors (Lipinski definition) is 5. The number of aryl methyl sites for hydroxylation is 1. The average molecular weight is 380 g/mol. The number of amides is 1. The van der Waals surface area contributed by atoms with Crippen LogP contribution < -0.4 is 5.32 Å². The molecule has 1 saturated carbocycles. The van der Waals surface area contributed by atoms with E-state index in [4.69, 9.17) is 4.74 Å². The van der Waals surface area contributed by atoms with E-state index in [-0.39, 0.29) is 11.4 Å². The van der Waals surface area contributed by atoms with Crippen molar-refractivity contribution in [2.45, 2.75) is 43.5 Å². The van der Waals surface area contributed by atoms with Gasteiger partial charge in [-0.3, -0.25) is 9.59 Å². The van der Waals surface area contributed by atoms with Crippen LogP contribution in [0.2, 0.25) is 0 Å². The third-order valence-electron chi connectivity index (χ3n) is 4.72. The predicted molar refractivity (Wildman–Crippen MR) is 94.8 cm³/mol. The van der Waals surface area contributed by atoms with E-state index in [1.807, 2.05) is 6.92 Å². The lowest BCUT2D eigenvalue weighted by atomic mass is 10.2. The van der Waals surface area contributed by atoms with Crippen molar-refractivity contribution in [2.24, 2.45) is 5.92 Å². The number of nitrogens with zero attached hydrogens (tertiary/aromatic N) is 1. The van der Waals surface area contributed by atoms with Crippen molar-refractivity contribution in [3.05, 3.63) is 29.8 Å². The lowest BCUT2D eigenvalue weighted by Crippen LogP contribution is -2.47. The van der Waals surface area contributed by atoms with E-state index in [1.54, 1.807) is 24.3 Å². The molecule has 1 saturated heterocycles. The number of hydrogen-bond donors (Lipinski definition) is 1. The smallest absolute Gasteiger partial charge is 0.325 e. The van der Waals surface area contributed by atoms with Crippen molar-refractivity contribution in [2.75, 3.05) is 19.7 Å². The Morgan fingerprint density at radius 3 is 2.54 bits per heavy atom. The lowest BCUT2D eigenvalue weighted by Gasteiger charge is -2.23. The van der Waals surface area contributed by atoms with Crippen LogP contribution in [0, 0.1) is 12.8 Å². The first-order valence-electron chi connectivity index (χ1n) is 8.90. The zero-order valence-electron chi connectivity index (χ0n) is 14.8. The first-order chi connectivity index (χ1) is 12.4. The molecule has 142 valence electrons. The minimum Gasteiger partial charge on any atom is -0.464 e. The van der Waals surface area contributed by atoms with Crippen molar-refractivity contribution < 1.29 is 22.7 Å². The summed E-state index contributed by atoms with van der Waals surface area (Å²) in [5, 5.41) is 2.51. The van der Waals surface area contributed by atoms with Crippen molar-refractivity contribution in [1.29, 1.82) is 0 Å². The second kappa shape index (κ2) is 7.75. The van der Waals surface area contributed by atoms with Gasteiger partial charge >= 0.3 is 5.97 Å². The van der Waals surface area contributed by atoms with Crippen LogP contribution in [0.4, 0.5) is 0 Å². The van der Waals surface area contributed by atoms with Gasteiger partial charge < -0.3 is 10.1 Å². The maximum atomic E-state index is 12.8. The molecule has 8 heteroatoms. The van der Waals surface area contributed by atoms with Gasteiger partial charge in [0.25, 0.3) is 0 Å². The molecule has 0 bridgehead atoms. The first-order valence-corrected chi connectivity index (χ1v) is 10.3. The summed E-state index contributed by atoms with van der Waals surface area (Å²) in [5.41, 5.74) is 0.962. The lowest BCUT2D eigenvalue weighted by molar-refractivity contribution is -0.144. The number of carbonyl (C=O) groups is 2. The highest BCUT2D eigenvalue weighted by Crippen LogP contribution is 2.29. The molecule has 1 aromatic carbocycles. The van der Waals surface area contributed by atoms with Crippen molar-refractivity contribution in [1.82, 2.24) is 9.62 Å². The van der Waals surface area contributed by atoms with Gasteiger partial charge in [0.1, 0.15) is 12.6 Å².